The molecule has 1 amide bonds. The van der Waals surface area contributed by atoms with Gasteiger partial charge < -0.3 is 20.0 Å². The Bertz CT molecular complexity index is 1120. The van der Waals surface area contributed by atoms with Crippen LogP contribution < -0.4 is 9.80 Å². The van der Waals surface area contributed by atoms with Crippen molar-refractivity contribution in [1.29, 1.82) is 5.26 Å². The first kappa shape index (κ1) is 24.7. The normalized spacial score (nSPS) is 20.6. The SMILES string of the molecule is CCN(C(=O)C1C(O)C(O)CN1c1nc(C)cc(C(F)(F)F)c1C#N)c1ccc(F)c(Cl)c1. The average molecular weight is 487 g/mol. The number of pyridine rings is 1. The number of amides is 1. The Morgan fingerprint density at radius 1 is 1.36 bits per heavy atom. The van der Waals surface area contributed by atoms with Crippen LogP contribution >= 0.6 is 11.6 Å². The maximum Gasteiger partial charge on any atom is 0.417 e. The fourth-order valence-electron chi connectivity index (χ4n) is 3.79. The number of aliphatic hydroxyl groups is 2. The molecule has 2 aromatic rings. The summed E-state index contributed by atoms with van der Waals surface area (Å²) in [5.74, 6) is -2.00. The first-order chi connectivity index (χ1) is 15.4. The Balaban J connectivity index is 2.12. The fourth-order valence-corrected chi connectivity index (χ4v) is 3.97. The Labute approximate surface area is 191 Å². The molecule has 2 heterocycles. The highest BCUT2D eigenvalue weighted by atomic mass is 35.5. The highest BCUT2D eigenvalue weighted by Crippen LogP contribution is 2.38. The second-order valence-corrected chi connectivity index (χ2v) is 7.86. The van der Waals surface area contributed by atoms with Gasteiger partial charge >= 0.3 is 6.18 Å². The molecule has 2 N–H and O–H groups in total. The van der Waals surface area contributed by atoms with Crippen LogP contribution in [0.25, 0.3) is 0 Å². The smallest absolute Gasteiger partial charge is 0.388 e. The Hall–Kier alpha value is -2.94. The van der Waals surface area contributed by atoms with E-state index in [0.717, 1.165) is 15.9 Å². The molecule has 1 aliphatic heterocycles. The number of halogens is 5. The molecule has 1 aliphatic rings. The van der Waals surface area contributed by atoms with Crippen LogP contribution in [0.2, 0.25) is 5.02 Å². The van der Waals surface area contributed by atoms with Crippen molar-refractivity contribution in [3.05, 3.63) is 51.9 Å². The minimum Gasteiger partial charge on any atom is -0.388 e. The van der Waals surface area contributed by atoms with Crippen LogP contribution in [0.1, 0.15) is 23.7 Å². The van der Waals surface area contributed by atoms with E-state index in [1.807, 2.05) is 0 Å². The van der Waals surface area contributed by atoms with Crippen molar-refractivity contribution in [1.82, 2.24) is 4.98 Å². The van der Waals surface area contributed by atoms with E-state index in [1.54, 1.807) is 6.92 Å². The monoisotopic (exact) mass is 486 g/mol. The second-order valence-electron chi connectivity index (χ2n) is 7.46. The Kier molecular flexibility index (Phi) is 6.83. The zero-order valence-electron chi connectivity index (χ0n) is 17.4. The van der Waals surface area contributed by atoms with Gasteiger partial charge in [0.05, 0.1) is 16.7 Å². The molecule has 0 aliphatic carbocycles. The molecule has 3 unspecified atom stereocenters. The number of carbonyl (C=O) groups is 1. The lowest BCUT2D eigenvalue weighted by atomic mass is 10.1. The van der Waals surface area contributed by atoms with Crippen LogP contribution in [-0.4, -0.2) is 52.4 Å². The minimum atomic E-state index is -4.87. The van der Waals surface area contributed by atoms with Crippen LogP contribution in [0.15, 0.2) is 24.3 Å². The lowest BCUT2D eigenvalue weighted by Crippen LogP contribution is -2.51. The van der Waals surface area contributed by atoms with E-state index in [2.05, 4.69) is 4.98 Å². The number of β-amino-alcohol motifs (C(OH)–C–C–N with tert-alkyl or cyclic N) is 1. The maximum absolute atomic E-state index is 13.6. The van der Waals surface area contributed by atoms with Crippen molar-refractivity contribution in [2.75, 3.05) is 22.9 Å². The van der Waals surface area contributed by atoms with Crippen LogP contribution in [-0.2, 0) is 11.0 Å². The van der Waals surface area contributed by atoms with E-state index in [4.69, 9.17) is 11.6 Å². The number of aliphatic hydroxyl groups excluding tert-OH is 2. The van der Waals surface area contributed by atoms with Crippen molar-refractivity contribution in [2.24, 2.45) is 0 Å². The number of rotatable bonds is 4. The molecular formula is C21H19ClF4N4O3. The van der Waals surface area contributed by atoms with Crippen LogP contribution in [0.5, 0.6) is 0 Å². The molecule has 0 bridgehead atoms. The maximum atomic E-state index is 13.6. The van der Waals surface area contributed by atoms with Gasteiger partial charge in [-0.25, -0.2) is 9.37 Å². The molecule has 1 aromatic heterocycles. The summed E-state index contributed by atoms with van der Waals surface area (Å²) in [4.78, 5) is 19.6. The number of anilines is 2. The lowest BCUT2D eigenvalue weighted by molar-refractivity contribution is -0.137. The quantitative estimate of drug-likeness (QED) is 0.644. The number of hydrogen-bond acceptors (Lipinski definition) is 6. The minimum absolute atomic E-state index is 0.0358. The van der Waals surface area contributed by atoms with Crippen molar-refractivity contribution < 1.29 is 32.6 Å². The van der Waals surface area contributed by atoms with Gasteiger partial charge in [0.1, 0.15) is 35.4 Å². The summed E-state index contributed by atoms with van der Waals surface area (Å²) in [5, 5.41) is 30.0. The van der Waals surface area contributed by atoms with Gasteiger partial charge in [-0.2, -0.15) is 18.4 Å². The zero-order valence-corrected chi connectivity index (χ0v) is 18.2. The lowest BCUT2D eigenvalue weighted by Gasteiger charge is -2.32. The van der Waals surface area contributed by atoms with Crippen molar-refractivity contribution >= 4 is 29.0 Å². The molecule has 0 spiro atoms. The van der Waals surface area contributed by atoms with E-state index >= 15 is 0 Å². The summed E-state index contributed by atoms with van der Waals surface area (Å²) >= 11 is 5.81. The highest BCUT2D eigenvalue weighted by Gasteiger charge is 2.48. The topological polar surface area (TPSA) is 101 Å². The summed E-state index contributed by atoms with van der Waals surface area (Å²) in [6.07, 6.45) is -8.06. The largest absolute Gasteiger partial charge is 0.417 e. The number of alkyl halides is 3. The fraction of sp³-hybridized carbons (Fsp3) is 0.381. The Morgan fingerprint density at radius 3 is 2.58 bits per heavy atom. The van der Waals surface area contributed by atoms with Crippen molar-refractivity contribution in [3.8, 4) is 6.07 Å². The van der Waals surface area contributed by atoms with Gasteiger partial charge in [-0.1, -0.05) is 11.6 Å². The van der Waals surface area contributed by atoms with Crippen LogP contribution in [0.3, 0.4) is 0 Å². The third kappa shape index (κ3) is 4.59. The standard InChI is InChI=1S/C21H19ClF4N4O3/c1-3-29(11-4-5-15(23)14(22)7-11)20(33)17-18(32)16(31)9-30(17)19-12(8-27)13(21(24,25)26)6-10(2)28-19/h4-7,16-18,31-32H,3,9H2,1-2H3. The van der Waals surface area contributed by atoms with Gasteiger partial charge in [0.15, 0.2) is 0 Å². The molecule has 12 heteroatoms. The molecule has 3 rings (SSSR count). The van der Waals surface area contributed by atoms with Crippen molar-refractivity contribution in [3.63, 3.8) is 0 Å². The molecular weight excluding hydrogens is 468 g/mol. The van der Waals surface area contributed by atoms with Gasteiger partial charge in [0.2, 0.25) is 0 Å². The molecule has 1 aromatic carbocycles. The van der Waals surface area contributed by atoms with Gasteiger partial charge in [0, 0.05) is 24.5 Å². The van der Waals surface area contributed by atoms with Gasteiger partial charge in [0.25, 0.3) is 5.91 Å². The molecule has 0 saturated carbocycles. The van der Waals surface area contributed by atoms with Gasteiger partial charge in [-0.3, -0.25) is 4.79 Å². The van der Waals surface area contributed by atoms with E-state index < -0.39 is 59.6 Å². The molecule has 1 saturated heterocycles. The van der Waals surface area contributed by atoms with E-state index in [-0.39, 0.29) is 22.9 Å². The molecule has 176 valence electrons. The number of nitrogens with zero attached hydrogens (tertiary/aromatic N) is 4. The molecule has 3 atom stereocenters. The third-order valence-corrected chi connectivity index (χ3v) is 5.59. The number of likely N-dealkylation sites (N-methyl/N-ethyl adjacent to an activating group) is 1. The third-order valence-electron chi connectivity index (χ3n) is 5.31. The van der Waals surface area contributed by atoms with Crippen LogP contribution in [0, 0.1) is 24.1 Å². The summed E-state index contributed by atoms with van der Waals surface area (Å²) in [7, 11) is 0. The number of nitriles is 1. The molecule has 7 nitrogen and oxygen atoms in total. The van der Waals surface area contributed by atoms with Gasteiger partial charge in [-0.05, 0) is 38.1 Å². The van der Waals surface area contributed by atoms with E-state index in [1.165, 1.54) is 25.1 Å². The van der Waals surface area contributed by atoms with Gasteiger partial charge in [-0.15, -0.1) is 0 Å². The van der Waals surface area contributed by atoms with Crippen LogP contribution in [0.4, 0.5) is 29.1 Å². The average Bonchev–Trinajstić information content (AvgIpc) is 3.04. The zero-order chi connectivity index (χ0) is 24.7. The molecule has 33 heavy (non-hydrogen) atoms. The number of aromatic nitrogens is 1. The first-order valence-corrected chi connectivity index (χ1v) is 10.2. The molecule has 0 radical (unpaired) electrons. The summed E-state index contributed by atoms with van der Waals surface area (Å²) in [6, 6.07) is 4.13. The summed E-state index contributed by atoms with van der Waals surface area (Å²) in [6.45, 7) is 2.47. The number of benzene rings is 1. The predicted molar refractivity (Wildman–Crippen MR) is 111 cm³/mol. The predicted octanol–water partition coefficient (Wildman–Crippen LogP) is 3.04. The number of aryl methyl sites for hydroxylation is 1. The van der Waals surface area contributed by atoms with E-state index in [0.29, 0.717) is 6.07 Å². The Morgan fingerprint density at radius 2 is 2.03 bits per heavy atom. The summed E-state index contributed by atoms with van der Waals surface area (Å²) in [5.41, 5.74) is -1.97. The number of hydrogen-bond donors (Lipinski definition) is 2. The second kappa shape index (κ2) is 9.13. The highest BCUT2D eigenvalue weighted by molar-refractivity contribution is 6.31. The first-order valence-electron chi connectivity index (χ1n) is 9.78. The molecule has 1 fully saturated rings. The number of carbonyl (C=O) groups excluding carboxylic acids is 1. The van der Waals surface area contributed by atoms with Crippen molar-refractivity contribution in [2.45, 2.75) is 38.3 Å². The van der Waals surface area contributed by atoms with E-state index in [9.17, 15) is 37.8 Å². The summed E-state index contributed by atoms with van der Waals surface area (Å²) < 4.78 is 54.2.